The van der Waals surface area contributed by atoms with Gasteiger partial charge in [-0.1, -0.05) is 190 Å². The number of aromatic nitrogens is 2. The fraction of sp³-hybridized carbons (Fsp3) is 0.0758. The largest absolute Gasteiger partial charge is 0.315 e. The van der Waals surface area contributed by atoms with Crippen LogP contribution in [0.5, 0.6) is 0 Å². The highest BCUT2D eigenvalue weighted by molar-refractivity contribution is 6.26. The quantitative estimate of drug-likeness (QED) is 0.142. The number of nitrogens with zero attached hydrogens (tertiary/aromatic N) is 3. The Bertz CT molecular complexity index is 4010. The van der Waals surface area contributed by atoms with Crippen molar-refractivity contribution in [3.63, 3.8) is 0 Å². The Morgan fingerprint density at radius 1 is 0.478 bits per heavy atom. The average molecular weight is 886 g/mol. The summed E-state index contributed by atoms with van der Waals surface area (Å²) in [4.78, 5) is 7.12. The van der Waals surface area contributed by atoms with E-state index in [0.29, 0.717) is 0 Å². The van der Waals surface area contributed by atoms with Crippen molar-refractivity contribution >= 4 is 87.0 Å². The van der Waals surface area contributed by atoms with Crippen molar-refractivity contribution in [2.75, 3.05) is 4.90 Å². The second-order valence-electron chi connectivity index (χ2n) is 18.2. The molecule has 3 heteroatoms. The first-order valence-corrected chi connectivity index (χ1v) is 24.2. The van der Waals surface area contributed by atoms with Gasteiger partial charge in [-0.15, -0.1) is 0 Å². The second kappa shape index (κ2) is 17.3. The predicted molar refractivity (Wildman–Crippen MR) is 297 cm³/mol. The Balaban J connectivity index is 0.000000143. The molecule has 69 heavy (non-hydrogen) atoms. The minimum atomic E-state index is 0.891. The van der Waals surface area contributed by atoms with Gasteiger partial charge in [-0.3, -0.25) is 4.57 Å². The van der Waals surface area contributed by atoms with Gasteiger partial charge in [0.2, 0.25) is 0 Å². The summed E-state index contributed by atoms with van der Waals surface area (Å²) in [6.07, 6.45) is 1.78. The molecule has 0 amide bonds. The Labute approximate surface area is 403 Å². The van der Waals surface area contributed by atoms with E-state index < -0.39 is 0 Å². The van der Waals surface area contributed by atoms with Crippen LogP contribution in [0, 0.1) is 6.92 Å². The Morgan fingerprint density at radius 2 is 1.03 bits per heavy atom. The van der Waals surface area contributed by atoms with Gasteiger partial charge in [0, 0.05) is 29.2 Å². The lowest BCUT2D eigenvalue weighted by atomic mass is 9.90. The summed E-state index contributed by atoms with van der Waals surface area (Å²) in [6.45, 7) is 10.8. The van der Waals surface area contributed by atoms with Crippen molar-refractivity contribution in [3.05, 3.63) is 242 Å². The smallest absolute Gasteiger partial charge is 0.114 e. The maximum absolute atomic E-state index is 4.84. The van der Waals surface area contributed by atoms with Crippen LogP contribution in [-0.4, -0.2) is 9.55 Å². The number of hydrogen-bond donors (Lipinski definition) is 0. The first kappa shape index (κ1) is 41.9. The normalized spacial score (nSPS) is 11.6. The molecule has 0 radical (unpaired) electrons. The first-order chi connectivity index (χ1) is 34.0. The molecule has 0 aliphatic carbocycles. The highest BCUT2D eigenvalue weighted by atomic mass is 15.1. The molecule has 0 aliphatic rings. The monoisotopic (exact) mass is 885 g/mol. The number of benzene rings is 12. The van der Waals surface area contributed by atoms with Crippen LogP contribution in [0.1, 0.15) is 31.7 Å². The van der Waals surface area contributed by atoms with Gasteiger partial charge in [0.25, 0.3) is 0 Å². The van der Waals surface area contributed by atoms with Crippen LogP contribution in [0.2, 0.25) is 0 Å². The van der Waals surface area contributed by atoms with Gasteiger partial charge in [-0.05, 0) is 154 Å². The van der Waals surface area contributed by atoms with E-state index in [-0.39, 0.29) is 0 Å². The molecular weight excluding hydrogens is 835 g/mol. The van der Waals surface area contributed by atoms with Crippen LogP contribution in [0.25, 0.3) is 104 Å². The minimum absolute atomic E-state index is 0.891. The molecule has 1 heterocycles. The number of anilines is 2. The molecule has 12 aromatic carbocycles. The maximum atomic E-state index is 4.84. The minimum Gasteiger partial charge on any atom is -0.315 e. The molecule has 3 nitrogen and oxygen atoms in total. The molecule has 0 bridgehead atoms. The van der Waals surface area contributed by atoms with Gasteiger partial charge >= 0.3 is 0 Å². The number of aryl methyl sites for hydroxylation is 2. The molecule has 13 rings (SSSR count). The number of allylic oxidation sites excluding steroid dienone is 1. The van der Waals surface area contributed by atoms with E-state index in [1.54, 1.807) is 0 Å². The second-order valence-corrected chi connectivity index (χ2v) is 18.2. The SMILES string of the molecule is C=C(CC)N(c1ccc(-c2ccc3ccc4cccc5ccc2c3c45)cc1)c1ccccc1C.CCc1nc2ccccc2n1-c1ccc(-c2ccc3c4ccccc4c4ccccc4c3c2)cc1. The molecule has 0 saturated heterocycles. The molecule has 0 unspecified atom stereocenters. The van der Waals surface area contributed by atoms with Crippen LogP contribution in [-0.2, 0) is 6.42 Å². The van der Waals surface area contributed by atoms with Gasteiger partial charge < -0.3 is 4.90 Å². The van der Waals surface area contributed by atoms with Crippen LogP contribution in [0.4, 0.5) is 11.4 Å². The molecule has 0 atom stereocenters. The Hall–Kier alpha value is -8.53. The van der Waals surface area contributed by atoms with Gasteiger partial charge in [0.15, 0.2) is 0 Å². The number of rotatable bonds is 8. The Kier molecular flexibility index (Phi) is 10.5. The summed E-state index contributed by atoms with van der Waals surface area (Å²) in [5, 5.41) is 15.8. The zero-order chi connectivity index (χ0) is 46.6. The third-order valence-corrected chi connectivity index (χ3v) is 14.2. The van der Waals surface area contributed by atoms with E-state index >= 15 is 0 Å². The predicted octanol–water partition coefficient (Wildman–Crippen LogP) is 18.3. The zero-order valence-corrected chi connectivity index (χ0v) is 39.2. The number of fused-ring (bicyclic) bond motifs is 7. The topological polar surface area (TPSA) is 21.1 Å². The fourth-order valence-corrected chi connectivity index (χ4v) is 10.7. The molecule has 0 N–H and O–H groups in total. The number of para-hydroxylation sites is 3. The lowest BCUT2D eigenvalue weighted by Crippen LogP contribution is -2.16. The molecule has 0 fully saturated rings. The van der Waals surface area contributed by atoms with Crippen molar-refractivity contribution in [1.82, 2.24) is 9.55 Å². The van der Waals surface area contributed by atoms with E-state index in [0.717, 1.165) is 46.8 Å². The summed E-state index contributed by atoms with van der Waals surface area (Å²) in [5.41, 5.74) is 13.0. The molecule has 13 aromatic rings. The average Bonchev–Trinajstić information content (AvgIpc) is 3.80. The number of imidazole rings is 1. The lowest BCUT2D eigenvalue weighted by Gasteiger charge is -2.28. The van der Waals surface area contributed by atoms with Crippen LogP contribution >= 0.6 is 0 Å². The van der Waals surface area contributed by atoms with Crippen molar-refractivity contribution in [2.45, 2.75) is 33.6 Å². The lowest BCUT2D eigenvalue weighted by molar-refractivity contribution is 0.908. The number of hydrogen-bond acceptors (Lipinski definition) is 2. The standard InChI is InChI=1S/C33H24N2.C33H27N/c1-2-33-34-31-13-7-8-14-32(31)35(33)24-18-15-22(16-19-24)23-17-20-29-27-11-4-3-9-25(27)26-10-5-6-12-28(26)30(29)21-23;1-4-23(3)34(31-11-6-5-8-22(31)2)28-18-14-24(15-19-28)29-20-16-27-13-12-25-9-7-10-26-17-21-30(29)33(27)32(25)26/h3-21H,2H2,1H3;5-21H,3-4H2,1-2H3. The summed E-state index contributed by atoms with van der Waals surface area (Å²) < 4.78 is 2.28. The summed E-state index contributed by atoms with van der Waals surface area (Å²) in [6, 6.07) is 79.2. The summed E-state index contributed by atoms with van der Waals surface area (Å²) in [7, 11) is 0. The Morgan fingerprint density at radius 3 is 1.71 bits per heavy atom. The van der Waals surface area contributed by atoms with E-state index in [1.807, 2.05) is 0 Å². The van der Waals surface area contributed by atoms with Gasteiger partial charge in [0.05, 0.1) is 11.0 Å². The van der Waals surface area contributed by atoms with Crippen molar-refractivity contribution in [3.8, 4) is 27.9 Å². The molecule has 330 valence electrons. The third-order valence-electron chi connectivity index (χ3n) is 14.2. The molecular formula is C66H51N3. The third kappa shape index (κ3) is 7.17. The van der Waals surface area contributed by atoms with Crippen LogP contribution < -0.4 is 4.90 Å². The van der Waals surface area contributed by atoms with Gasteiger partial charge in [-0.2, -0.15) is 0 Å². The first-order valence-electron chi connectivity index (χ1n) is 24.2. The molecule has 0 spiro atoms. The molecule has 1 aromatic heterocycles. The van der Waals surface area contributed by atoms with Crippen molar-refractivity contribution < 1.29 is 0 Å². The van der Waals surface area contributed by atoms with E-state index in [2.05, 4.69) is 255 Å². The molecule has 0 aliphatic heterocycles. The van der Waals surface area contributed by atoms with Crippen LogP contribution in [0.15, 0.2) is 231 Å². The van der Waals surface area contributed by atoms with E-state index in [1.165, 1.54) is 98.1 Å². The summed E-state index contributed by atoms with van der Waals surface area (Å²) >= 11 is 0. The van der Waals surface area contributed by atoms with Crippen molar-refractivity contribution in [1.29, 1.82) is 0 Å². The highest BCUT2D eigenvalue weighted by Crippen LogP contribution is 2.41. The zero-order valence-electron chi connectivity index (χ0n) is 39.2. The van der Waals surface area contributed by atoms with E-state index in [4.69, 9.17) is 4.98 Å². The van der Waals surface area contributed by atoms with Crippen LogP contribution in [0.3, 0.4) is 0 Å². The maximum Gasteiger partial charge on any atom is 0.114 e. The highest BCUT2D eigenvalue weighted by Gasteiger charge is 2.17. The van der Waals surface area contributed by atoms with Gasteiger partial charge in [-0.25, -0.2) is 4.98 Å². The molecule has 0 saturated carbocycles. The van der Waals surface area contributed by atoms with E-state index in [9.17, 15) is 0 Å². The van der Waals surface area contributed by atoms with Crippen molar-refractivity contribution in [2.24, 2.45) is 0 Å². The fourth-order valence-electron chi connectivity index (χ4n) is 10.7. The summed E-state index contributed by atoms with van der Waals surface area (Å²) in [5.74, 6) is 1.09. The van der Waals surface area contributed by atoms with Gasteiger partial charge in [0.1, 0.15) is 5.82 Å².